The summed E-state index contributed by atoms with van der Waals surface area (Å²) in [5, 5.41) is 0. The van der Waals surface area contributed by atoms with Gasteiger partial charge in [0.25, 0.3) is 5.91 Å². The van der Waals surface area contributed by atoms with Gasteiger partial charge < -0.3 is 9.47 Å². The summed E-state index contributed by atoms with van der Waals surface area (Å²) in [7, 11) is -1.80. The van der Waals surface area contributed by atoms with Gasteiger partial charge in [0.15, 0.2) is 0 Å². The molecule has 7 heteroatoms. The average molecular weight is 388 g/mol. The largest absolute Gasteiger partial charge is 0.342 e. The average Bonchev–Trinajstić information content (AvgIpc) is 3.35. The van der Waals surface area contributed by atoms with E-state index < -0.39 is 10.0 Å². The third kappa shape index (κ3) is 2.72. The third-order valence-electron chi connectivity index (χ3n) is 5.86. The molecule has 1 amide bonds. The zero-order chi connectivity index (χ0) is 19.3. The van der Waals surface area contributed by atoms with Crippen LogP contribution in [0.4, 0.5) is 5.69 Å². The van der Waals surface area contributed by atoms with Crippen LogP contribution in [0, 0.1) is 13.8 Å². The number of hydrogen-bond donors (Lipinski definition) is 0. The summed E-state index contributed by atoms with van der Waals surface area (Å²) in [4.78, 5) is 15.4. The molecule has 1 aromatic carbocycles. The van der Waals surface area contributed by atoms with Gasteiger partial charge in [-0.25, -0.2) is 8.42 Å². The van der Waals surface area contributed by atoms with Crippen molar-refractivity contribution in [2.24, 2.45) is 7.05 Å². The van der Waals surface area contributed by atoms with Gasteiger partial charge >= 0.3 is 0 Å². The fraction of sp³-hybridized carbons (Fsp3) is 0.450. The Morgan fingerprint density at radius 2 is 1.70 bits per heavy atom. The number of sulfonamides is 1. The first-order valence-electron chi connectivity index (χ1n) is 9.40. The molecule has 2 aliphatic rings. The van der Waals surface area contributed by atoms with E-state index in [2.05, 4.69) is 0 Å². The molecule has 0 saturated carbocycles. The topological polar surface area (TPSA) is 62.6 Å². The molecule has 6 nitrogen and oxygen atoms in total. The second-order valence-corrected chi connectivity index (χ2v) is 9.27. The molecule has 0 unspecified atom stereocenters. The summed E-state index contributed by atoms with van der Waals surface area (Å²) in [6, 6.07) is 7.89. The van der Waals surface area contributed by atoms with Crippen LogP contribution in [0.3, 0.4) is 0 Å². The molecule has 1 aromatic heterocycles. The van der Waals surface area contributed by atoms with E-state index in [1.165, 1.54) is 0 Å². The Labute approximate surface area is 160 Å². The van der Waals surface area contributed by atoms with E-state index in [4.69, 9.17) is 0 Å². The van der Waals surface area contributed by atoms with E-state index in [9.17, 15) is 13.2 Å². The van der Waals surface area contributed by atoms with Crippen LogP contribution < -0.4 is 4.90 Å². The van der Waals surface area contributed by atoms with Crippen molar-refractivity contribution in [2.45, 2.75) is 38.0 Å². The molecule has 0 bridgehead atoms. The molecule has 0 spiro atoms. The molecule has 2 aromatic rings. The van der Waals surface area contributed by atoms with E-state index in [0.717, 1.165) is 30.5 Å². The first kappa shape index (κ1) is 18.3. The van der Waals surface area contributed by atoms with E-state index >= 15 is 0 Å². The summed E-state index contributed by atoms with van der Waals surface area (Å²) in [6.07, 6.45) is 2.60. The maximum absolute atomic E-state index is 13.4. The number of rotatable bonds is 3. The molecule has 0 aliphatic carbocycles. The number of carbonyl (C=O) groups excluding carboxylic acids is 1. The zero-order valence-corrected chi connectivity index (χ0v) is 16.8. The van der Waals surface area contributed by atoms with Crippen molar-refractivity contribution < 1.29 is 13.2 Å². The lowest BCUT2D eigenvalue weighted by atomic mass is 10.2. The van der Waals surface area contributed by atoms with Crippen LogP contribution in [0.2, 0.25) is 0 Å². The van der Waals surface area contributed by atoms with Crippen LogP contribution >= 0.6 is 0 Å². The Hall–Kier alpha value is -2.12. The number of benzene rings is 1. The van der Waals surface area contributed by atoms with Gasteiger partial charge in [-0.05, 0) is 44.7 Å². The van der Waals surface area contributed by atoms with Crippen LogP contribution in [-0.2, 0) is 23.5 Å². The molecule has 3 heterocycles. The SMILES string of the molecule is Cc1c(S(=O)(=O)N2CCCC2)c(C)n(C)c1C(=O)N1CCc2ccccc21. The first-order valence-corrected chi connectivity index (χ1v) is 10.8. The lowest BCUT2D eigenvalue weighted by Gasteiger charge is -2.18. The van der Waals surface area contributed by atoms with Gasteiger partial charge in [-0.2, -0.15) is 4.31 Å². The molecule has 1 fully saturated rings. The van der Waals surface area contributed by atoms with E-state index in [1.807, 2.05) is 24.3 Å². The van der Waals surface area contributed by atoms with Gasteiger partial charge in [-0.1, -0.05) is 18.2 Å². The third-order valence-corrected chi connectivity index (χ3v) is 8.02. The number of nitrogens with zero attached hydrogens (tertiary/aromatic N) is 3. The fourth-order valence-corrected chi connectivity index (χ4v) is 6.36. The number of fused-ring (bicyclic) bond motifs is 1. The lowest BCUT2D eigenvalue weighted by molar-refractivity contribution is 0.0980. The highest BCUT2D eigenvalue weighted by atomic mass is 32.2. The van der Waals surface area contributed by atoms with Crippen LogP contribution in [0.5, 0.6) is 0 Å². The van der Waals surface area contributed by atoms with Gasteiger partial charge in [-0.15, -0.1) is 0 Å². The van der Waals surface area contributed by atoms with Crippen LogP contribution in [0.15, 0.2) is 29.2 Å². The summed E-state index contributed by atoms with van der Waals surface area (Å²) in [5.41, 5.74) is 3.71. The zero-order valence-electron chi connectivity index (χ0n) is 16.0. The Morgan fingerprint density at radius 1 is 1.04 bits per heavy atom. The summed E-state index contributed by atoms with van der Waals surface area (Å²) >= 11 is 0. The van der Waals surface area contributed by atoms with Gasteiger partial charge in [0, 0.05) is 43.6 Å². The number of hydrogen-bond acceptors (Lipinski definition) is 3. The first-order chi connectivity index (χ1) is 12.8. The van der Waals surface area contributed by atoms with Crippen LogP contribution in [0.25, 0.3) is 0 Å². The smallest absolute Gasteiger partial charge is 0.275 e. The minimum Gasteiger partial charge on any atom is -0.342 e. The summed E-state index contributed by atoms with van der Waals surface area (Å²) in [6.45, 7) is 5.27. The molecule has 0 N–H and O–H groups in total. The highest BCUT2D eigenvalue weighted by molar-refractivity contribution is 7.89. The Bertz CT molecular complexity index is 1020. The predicted octanol–water partition coefficient (Wildman–Crippen LogP) is 2.63. The second kappa shape index (κ2) is 6.49. The van der Waals surface area contributed by atoms with E-state index in [1.54, 1.807) is 34.7 Å². The monoisotopic (exact) mass is 387 g/mol. The number of aromatic nitrogens is 1. The highest BCUT2D eigenvalue weighted by Crippen LogP contribution is 2.34. The normalized spacial score (nSPS) is 17.5. The van der Waals surface area contributed by atoms with Crippen molar-refractivity contribution in [1.82, 2.24) is 8.87 Å². The molecule has 0 atom stereocenters. The van der Waals surface area contributed by atoms with Gasteiger partial charge in [-0.3, -0.25) is 4.79 Å². The fourth-order valence-electron chi connectivity index (χ4n) is 4.37. The lowest BCUT2D eigenvalue weighted by Crippen LogP contribution is -2.31. The van der Waals surface area contributed by atoms with E-state index in [-0.39, 0.29) is 5.91 Å². The van der Waals surface area contributed by atoms with Crippen molar-refractivity contribution in [2.75, 3.05) is 24.5 Å². The maximum Gasteiger partial charge on any atom is 0.275 e. The highest BCUT2D eigenvalue weighted by Gasteiger charge is 2.36. The Balaban J connectivity index is 1.78. The summed E-state index contributed by atoms with van der Waals surface area (Å²) < 4.78 is 29.6. The quantitative estimate of drug-likeness (QED) is 0.813. The molecule has 144 valence electrons. The van der Waals surface area contributed by atoms with Crippen LogP contribution in [0.1, 0.15) is 40.2 Å². The number of carbonyl (C=O) groups is 1. The second-order valence-electron chi connectivity index (χ2n) is 7.39. The number of amides is 1. The molecule has 2 aliphatic heterocycles. The van der Waals surface area contributed by atoms with E-state index in [0.29, 0.717) is 41.5 Å². The van der Waals surface area contributed by atoms with Gasteiger partial charge in [0.2, 0.25) is 10.0 Å². The summed E-state index contributed by atoms with van der Waals surface area (Å²) in [5.74, 6) is -0.133. The predicted molar refractivity (Wildman–Crippen MR) is 105 cm³/mol. The van der Waals surface area contributed by atoms with Crippen molar-refractivity contribution in [3.05, 3.63) is 46.8 Å². The van der Waals surface area contributed by atoms with Crippen molar-refractivity contribution >= 4 is 21.6 Å². The molecular weight excluding hydrogens is 362 g/mol. The maximum atomic E-state index is 13.4. The standard InChI is InChI=1S/C20H25N3O3S/c1-14-18(20(24)23-13-10-16-8-4-5-9-17(16)23)21(3)15(2)19(14)27(25,26)22-11-6-7-12-22/h4-5,8-9H,6-7,10-13H2,1-3H3. The number of para-hydroxylation sites is 1. The minimum atomic E-state index is -3.58. The Morgan fingerprint density at radius 3 is 2.41 bits per heavy atom. The van der Waals surface area contributed by atoms with Gasteiger partial charge in [0.05, 0.1) is 0 Å². The minimum absolute atomic E-state index is 0.133. The Kier molecular flexibility index (Phi) is 4.39. The van der Waals surface area contributed by atoms with Crippen molar-refractivity contribution in [1.29, 1.82) is 0 Å². The van der Waals surface area contributed by atoms with Crippen LogP contribution in [-0.4, -0.2) is 42.8 Å². The molecular formula is C20H25N3O3S. The molecule has 1 saturated heterocycles. The van der Waals surface area contributed by atoms with Crippen molar-refractivity contribution in [3.8, 4) is 0 Å². The molecule has 0 radical (unpaired) electrons. The number of anilines is 1. The molecule has 4 rings (SSSR count). The van der Waals surface area contributed by atoms with Crippen molar-refractivity contribution in [3.63, 3.8) is 0 Å². The molecule has 27 heavy (non-hydrogen) atoms. The van der Waals surface area contributed by atoms with Gasteiger partial charge in [0.1, 0.15) is 10.6 Å².